The van der Waals surface area contributed by atoms with Crippen molar-refractivity contribution in [2.75, 3.05) is 13.2 Å². The van der Waals surface area contributed by atoms with Crippen LogP contribution < -0.4 is 5.32 Å². The second-order valence-corrected chi connectivity index (χ2v) is 5.81. The minimum absolute atomic E-state index is 0.0164. The van der Waals surface area contributed by atoms with E-state index >= 15 is 0 Å². The summed E-state index contributed by atoms with van der Waals surface area (Å²) in [6.07, 6.45) is 2.34. The Kier molecular flexibility index (Phi) is 4.99. The Hall–Kier alpha value is -0.870. The maximum absolute atomic E-state index is 12.2. The molecule has 1 N–H and O–H groups in total. The van der Waals surface area contributed by atoms with E-state index < -0.39 is 0 Å². The molecule has 1 amide bonds. The fourth-order valence-electron chi connectivity index (χ4n) is 2.52. The number of nitrogens with one attached hydrogen (secondary N) is 1. The van der Waals surface area contributed by atoms with Crippen molar-refractivity contribution in [2.24, 2.45) is 5.92 Å². The minimum Gasteiger partial charge on any atom is -0.378 e. The number of ether oxygens (including phenoxy) is 1. The normalized spacial score (nSPS) is 22.5. The van der Waals surface area contributed by atoms with Gasteiger partial charge < -0.3 is 10.1 Å². The van der Waals surface area contributed by atoms with Crippen LogP contribution in [0.5, 0.6) is 0 Å². The molecule has 0 saturated carbocycles. The van der Waals surface area contributed by atoms with Crippen molar-refractivity contribution in [1.29, 1.82) is 0 Å². The molecule has 0 radical (unpaired) electrons. The topological polar surface area (TPSA) is 38.3 Å². The van der Waals surface area contributed by atoms with Gasteiger partial charge in [-0.3, -0.25) is 4.79 Å². The third kappa shape index (κ3) is 3.37. The Morgan fingerprint density at radius 2 is 2.32 bits per heavy atom. The third-order valence-electron chi connectivity index (χ3n) is 3.71. The smallest absolute Gasteiger partial charge is 0.252 e. The molecule has 1 heterocycles. The molecule has 2 rings (SSSR count). The third-order valence-corrected chi connectivity index (χ3v) is 4.76. The second kappa shape index (κ2) is 6.53. The molecule has 1 aliphatic rings. The molecular weight excluding hydrogens is 306 g/mol. The van der Waals surface area contributed by atoms with Crippen molar-refractivity contribution < 1.29 is 9.53 Å². The van der Waals surface area contributed by atoms with Crippen molar-refractivity contribution in [3.63, 3.8) is 0 Å². The summed E-state index contributed by atoms with van der Waals surface area (Å²) in [5, 5.41) is 3.02. The predicted octanol–water partition coefficient (Wildman–Crippen LogP) is 3.30. The van der Waals surface area contributed by atoms with Crippen molar-refractivity contribution in [1.82, 2.24) is 5.32 Å². The van der Waals surface area contributed by atoms with Crippen LogP contribution in [0.2, 0.25) is 0 Å². The zero-order chi connectivity index (χ0) is 13.8. The number of rotatable bonds is 4. The van der Waals surface area contributed by atoms with Gasteiger partial charge in [0.25, 0.3) is 5.91 Å². The average Bonchev–Trinajstić information content (AvgIpc) is 2.86. The SMILES string of the molecule is CCC1OCCC1CNC(=O)c1cccc(C)c1Br. The lowest BCUT2D eigenvalue weighted by Gasteiger charge is -2.17. The highest BCUT2D eigenvalue weighted by Gasteiger charge is 2.27. The Labute approximate surface area is 122 Å². The molecule has 1 aromatic carbocycles. The molecule has 3 nitrogen and oxygen atoms in total. The maximum atomic E-state index is 12.2. The molecule has 1 aliphatic heterocycles. The van der Waals surface area contributed by atoms with Crippen LogP contribution in [0.15, 0.2) is 22.7 Å². The molecule has 0 aliphatic carbocycles. The molecule has 4 heteroatoms. The van der Waals surface area contributed by atoms with E-state index in [4.69, 9.17) is 4.74 Å². The number of benzene rings is 1. The Bertz CT molecular complexity index is 461. The predicted molar refractivity (Wildman–Crippen MR) is 79.4 cm³/mol. The molecule has 104 valence electrons. The van der Waals surface area contributed by atoms with Gasteiger partial charge in [-0.25, -0.2) is 0 Å². The molecule has 19 heavy (non-hydrogen) atoms. The first-order valence-electron chi connectivity index (χ1n) is 6.78. The van der Waals surface area contributed by atoms with E-state index in [9.17, 15) is 4.79 Å². The van der Waals surface area contributed by atoms with E-state index in [0.717, 1.165) is 29.5 Å². The molecule has 1 fully saturated rings. The van der Waals surface area contributed by atoms with Gasteiger partial charge in [-0.05, 0) is 47.3 Å². The lowest BCUT2D eigenvalue weighted by Crippen LogP contribution is -2.32. The van der Waals surface area contributed by atoms with E-state index in [2.05, 4.69) is 28.2 Å². The summed E-state index contributed by atoms with van der Waals surface area (Å²) < 4.78 is 6.51. The number of aryl methyl sites for hydroxylation is 1. The zero-order valence-corrected chi connectivity index (χ0v) is 13.0. The summed E-state index contributed by atoms with van der Waals surface area (Å²) in [6.45, 7) is 5.62. The van der Waals surface area contributed by atoms with Crippen molar-refractivity contribution in [3.05, 3.63) is 33.8 Å². The van der Waals surface area contributed by atoms with Crippen LogP contribution in [-0.2, 0) is 4.74 Å². The highest BCUT2D eigenvalue weighted by molar-refractivity contribution is 9.10. The first kappa shape index (κ1) is 14.5. The summed E-state index contributed by atoms with van der Waals surface area (Å²) in [5.74, 6) is 0.426. The fourth-order valence-corrected chi connectivity index (χ4v) is 2.96. The lowest BCUT2D eigenvalue weighted by molar-refractivity contribution is 0.0826. The highest BCUT2D eigenvalue weighted by Crippen LogP contribution is 2.24. The quantitative estimate of drug-likeness (QED) is 0.922. The fraction of sp³-hybridized carbons (Fsp3) is 0.533. The molecule has 1 saturated heterocycles. The molecular formula is C15H20BrNO2. The summed E-state index contributed by atoms with van der Waals surface area (Å²) in [5.41, 5.74) is 1.77. The molecule has 2 unspecified atom stereocenters. The first-order valence-corrected chi connectivity index (χ1v) is 7.57. The van der Waals surface area contributed by atoms with Gasteiger partial charge in [0.05, 0.1) is 11.7 Å². The first-order chi connectivity index (χ1) is 9.13. The van der Waals surface area contributed by atoms with Crippen LogP contribution in [0.4, 0.5) is 0 Å². The molecule has 2 atom stereocenters. The second-order valence-electron chi connectivity index (χ2n) is 5.01. The van der Waals surface area contributed by atoms with E-state index in [-0.39, 0.29) is 5.91 Å². The minimum atomic E-state index is -0.0164. The van der Waals surface area contributed by atoms with Crippen molar-refractivity contribution >= 4 is 21.8 Å². The summed E-state index contributed by atoms with van der Waals surface area (Å²) in [7, 11) is 0. The number of hydrogen-bond acceptors (Lipinski definition) is 2. The molecule has 1 aromatic rings. The van der Waals surface area contributed by atoms with Gasteiger partial charge in [-0.1, -0.05) is 19.1 Å². The zero-order valence-electron chi connectivity index (χ0n) is 11.4. The molecule has 0 bridgehead atoms. The number of carbonyl (C=O) groups is 1. The van der Waals surface area contributed by atoms with Crippen LogP contribution in [-0.4, -0.2) is 25.2 Å². The van der Waals surface area contributed by atoms with Crippen LogP contribution in [0.1, 0.15) is 35.7 Å². The molecule has 0 spiro atoms. The Balaban J connectivity index is 1.96. The van der Waals surface area contributed by atoms with Gasteiger partial charge >= 0.3 is 0 Å². The van der Waals surface area contributed by atoms with Gasteiger partial charge in [-0.2, -0.15) is 0 Å². The van der Waals surface area contributed by atoms with Crippen molar-refractivity contribution in [3.8, 4) is 0 Å². The average molecular weight is 326 g/mol. The van der Waals surface area contributed by atoms with Crippen LogP contribution in [0.25, 0.3) is 0 Å². The van der Waals surface area contributed by atoms with Crippen LogP contribution in [0, 0.1) is 12.8 Å². The summed E-state index contributed by atoms with van der Waals surface area (Å²) >= 11 is 3.47. The van der Waals surface area contributed by atoms with Gasteiger partial charge in [0.1, 0.15) is 0 Å². The highest BCUT2D eigenvalue weighted by atomic mass is 79.9. The van der Waals surface area contributed by atoms with E-state index in [0.29, 0.717) is 24.1 Å². The van der Waals surface area contributed by atoms with Crippen LogP contribution in [0.3, 0.4) is 0 Å². The molecule has 0 aromatic heterocycles. The number of amides is 1. The van der Waals surface area contributed by atoms with Gasteiger partial charge in [0.2, 0.25) is 0 Å². The Morgan fingerprint density at radius 3 is 3.05 bits per heavy atom. The monoisotopic (exact) mass is 325 g/mol. The number of carbonyl (C=O) groups excluding carboxylic acids is 1. The summed E-state index contributed by atoms with van der Waals surface area (Å²) in [6, 6.07) is 5.73. The van der Waals surface area contributed by atoms with E-state index in [1.54, 1.807) is 0 Å². The largest absolute Gasteiger partial charge is 0.378 e. The van der Waals surface area contributed by atoms with Gasteiger partial charge in [-0.15, -0.1) is 0 Å². The van der Waals surface area contributed by atoms with E-state index in [1.807, 2.05) is 25.1 Å². The van der Waals surface area contributed by atoms with Gasteiger partial charge in [0.15, 0.2) is 0 Å². The van der Waals surface area contributed by atoms with Gasteiger partial charge in [0, 0.05) is 23.5 Å². The number of halogens is 1. The van der Waals surface area contributed by atoms with Crippen LogP contribution >= 0.6 is 15.9 Å². The lowest BCUT2D eigenvalue weighted by atomic mass is 9.99. The Morgan fingerprint density at radius 1 is 1.53 bits per heavy atom. The number of hydrogen-bond donors (Lipinski definition) is 1. The summed E-state index contributed by atoms with van der Waals surface area (Å²) in [4.78, 5) is 12.2. The van der Waals surface area contributed by atoms with E-state index in [1.165, 1.54) is 0 Å². The maximum Gasteiger partial charge on any atom is 0.252 e. The van der Waals surface area contributed by atoms with Crippen molar-refractivity contribution in [2.45, 2.75) is 32.8 Å². The standard InChI is InChI=1S/C15H20BrNO2/c1-3-13-11(7-8-19-13)9-17-15(18)12-6-4-5-10(2)14(12)16/h4-6,11,13H,3,7-9H2,1-2H3,(H,17,18).